The highest BCUT2D eigenvalue weighted by Crippen LogP contribution is 2.14. The van der Waals surface area contributed by atoms with Gasteiger partial charge in [0.2, 0.25) is 16.0 Å². The van der Waals surface area contributed by atoms with E-state index in [1.165, 1.54) is 7.11 Å². The van der Waals surface area contributed by atoms with Crippen LogP contribution in [0.15, 0.2) is 24.3 Å². The van der Waals surface area contributed by atoms with E-state index in [0.717, 1.165) is 0 Å². The van der Waals surface area contributed by atoms with Crippen molar-refractivity contribution in [3.05, 3.63) is 35.4 Å². The highest BCUT2D eigenvalue weighted by molar-refractivity contribution is 7.91. The molecule has 0 aliphatic heterocycles. The zero-order chi connectivity index (χ0) is 14.6. The van der Waals surface area contributed by atoms with Gasteiger partial charge in [0.25, 0.3) is 0 Å². The van der Waals surface area contributed by atoms with Crippen LogP contribution in [0.1, 0.15) is 11.1 Å². The molecule has 2 N–H and O–H groups in total. The van der Waals surface area contributed by atoms with E-state index in [1.54, 1.807) is 24.3 Å². The first-order chi connectivity index (χ1) is 9.54. The van der Waals surface area contributed by atoms with Crippen molar-refractivity contribution in [3.63, 3.8) is 0 Å². The van der Waals surface area contributed by atoms with Gasteiger partial charge in [-0.05, 0) is 11.6 Å². The van der Waals surface area contributed by atoms with Crippen molar-refractivity contribution in [2.45, 2.75) is 5.75 Å². The molecule has 1 heterocycles. The zero-order valence-electron chi connectivity index (χ0n) is 10.5. The molecule has 0 amide bonds. The number of aromatic amines is 1. The van der Waals surface area contributed by atoms with Crippen LogP contribution in [0.2, 0.25) is 0 Å². The number of hydrogen-bond acceptors (Lipinski definition) is 6. The molecule has 0 saturated carbocycles. The van der Waals surface area contributed by atoms with Crippen LogP contribution < -0.4 is 9.46 Å². The Morgan fingerprint density at radius 3 is 2.85 bits per heavy atom. The summed E-state index contributed by atoms with van der Waals surface area (Å²) in [6.45, 7) is 0. The number of hydrogen-bond donors (Lipinski definition) is 2. The third-order valence-electron chi connectivity index (χ3n) is 2.38. The minimum absolute atomic E-state index is 0.0279. The first-order valence-corrected chi connectivity index (χ1v) is 7.14. The predicted octanol–water partition coefficient (Wildman–Crippen LogP) is 0.627. The largest absolute Gasteiger partial charge is 0.466 e. The Hall–Kier alpha value is -2.60. The Morgan fingerprint density at radius 1 is 1.45 bits per heavy atom. The average Bonchev–Trinajstić information content (AvgIpc) is 2.85. The van der Waals surface area contributed by atoms with Crippen LogP contribution in [-0.2, 0) is 15.8 Å². The van der Waals surface area contributed by atoms with Crippen LogP contribution in [0.25, 0.3) is 0 Å². The number of nitrogens with one attached hydrogen (secondary N) is 2. The summed E-state index contributed by atoms with van der Waals surface area (Å²) in [5.74, 6) is -0.379. The third kappa shape index (κ3) is 3.24. The maximum absolute atomic E-state index is 12.0. The highest BCUT2D eigenvalue weighted by Gasteiger charge is 2.16. The van der Waals surface area contributed by atoms with Gasteiger partial charge in [-0.2, -0.15) is 10.2 Å². The maximum atomic E-state index is 12.0. The monoisotopic (exact) mass is 293 g/mol. The summed E-state index contributed by atoms with van der Waals surface area (Å²) in [6.07, 6.45) is 0. The fourth-order valence-electron chi connectivity index (χ4n) is 1.53. The molecule has 8 nitrogen and oxygen atoms in total. The van der Waals surface area contributed by atoms with Gasteiger partial charge in [-0.1, -0.05) is 18.2 Å². The molecule has 0 bridgehead atoms. The van der Waals surface area contributed by atoms with Crippen molar-refractivity contribution in [1.29, 1.82) is 5.26 Å². The molecule has 2 rings (SSSR count). The van der Waals surface area contributed by atoms with Gasteiger partial charge in [0.1, 0.15) is 0 Å². The van der Waals surface area contributed by atoms with E-state index in [2.05, 4.69) is 19.9 Å². The minimum atomic E-state index is -3.71. The van der Waals surface area contributed by atoms with E-state index in [0.29, 0.717) is 11.1 Å². The first-order valence-electron chi connectivity index (χ1n) is 5.49. The summed E-state index contributed by atoms with van der Waals surface area (Å²) in [7, 11) is -2.34. The molecule has 20 heavy (non-hydrogen) atoms. The van der Waals surface area contributed by atoms with Crippen molar-refractivity contribution >= 4 is 16.0 Å². The number of rotatable bonds is 5. The number of benzene rings is 1. The second kappa shape index (κ2) is 5.58. The molecular weight excluding hydrogens is 282 g/mol. The molecule has 0 spiro atoms. The van der Waals surface area contributed by atoms with Gasteiger partial charge in [0.15, 0.2) is 0 Å². The van der Waals surface area contributed by atoms with E-state index in [4.69, 9.17) is 10.00 Å². The summed E-state index contributed by atoms with van der Waals surface area (Å²) >= 11 is 0. The fourth-order valence-corrected chi connectivity index (χ4v) is 2.65. The van der Waals surface area contributed by atoms with Gasteiger partial charge in [0, 0.05) is 0 Å². The summed E-state index contributed by atoms with van der Waals surface area (Å²) in [5, 5.41) is 14.9. The van der Waals surface area contributed by atoms with Crippen LogP contribution in [0.4, 0.5) is 5.95 Å². The Bertz CT molecular complexity index is 747. The standard InChI is InChI=1S/C11H11N5O3S/c1-19-11-13-10(14-15-11)16-20(17,18)7-9-5-3-2-4-8(9)6-12/h2-5H,7H2,1H3,(H2,13,14,15,16). The summed E-state index contributed by atoms with van der Waals surface area (Å²) < 4.78 is 30.9. The molecule has 104 valence electrons. The van der Waals surface area contributed by atoms with Gasteiger partial charge >= 0.3 is 6.01 Å². The van der Waals surface area contributed by atoms with Gasteiger partial charge in [-0.25, -0.2) is 13.5 Å². The molecule has 1 aromatic heterocycles. The lowest BCUT2D eigenvalue weighted by Crippen LogP contribution is -2.16. The number of sulfonamides is 1. The van der Waals surface area contributed by atoms with Crippen molar-refractivity contribution < 1.29 is 13.2 Å². The molecule has 9 heteroatoms. The number of aromatic nitrogens is 3. The van der Waals surface area contributed by atoms with Crippen LogP contribution in [-0.4, -0.2) is 30.7 Å². The van der Waals surface area contributed by atoms with E-state index in [9.17, 15) is 8.42 Å². The van der Waals surface area contributed by atoms with Gasteiger partial charge in [0.05, 0.1) is 24.5 Å². The van der Waals surface area contributed by atoms with Crippen LogP contribution in [0.5, 0.6) is 6.01 Å². The maximum Gasteiger partial charge on any atom is 0.336 e. The Labute approximate surface area is 115 Å². The third-order valence-corrected chi connectivity index (χ3v) is 3.58. The minimum Gasteiger partial charge on any atom is -0.466 e. The SMILES string of the molecule is COc1n[nH]c(NS(=O)(=O)Cc2ccccc2C#N)n1. The lowest BCUT2D eigenvalue weighted by Gasteiger charge is -2.06. The molecular formula is C11H11N5O3S. The second-order valence-corrected chi connectivity index (χ2v) is 5.52. The lowest BCUT2D eigenvalue weighted by atomic mass is 10.1. The van der Waals surface area contributed by atoms with Crippen molar-refractivity contribution in [3.8, 4) is 12.1 Å². The Morgan fingerprint density at radius 2 is 2.20 bits per heavy atom. The average molecular weight is 293 g/mol. The summed E-state index contributed by atoms with van der Waals surface area (Å²) in [4.78, 5) is 3.75. The number of anilines is 1. The Balaban J connectivity index is 2.17. The van der Waals surface area contributed by atoms with E-state index in [1.807, 2.05) is 6.07 Å². The van der Waals surface area contributed by atoms with Crippen molar-refractivity contribution in [1.82, 2.24) is 15.2 Å². The molecule has 0 aliphatic carbocycles. The molecule has 0 unspecified atom stereocenters. The lowest BCUT2D eigenvalue weighted by molar-refractivity contribution is 0.382. The van der Waals surface area contributed by atoms with Gasteiger partial charge in [-0.3, -0.25) is 4.72 Å². The van der Waals surface area contributed by atoms with Crippen molar-refractivity contribution in [2.24, 2.45) is 0 Å². The topological polar surface area (TPSA) is 121 Å². The van der Waals surface area contributed by atoms with E-state index in [-0.39, 0.29) is 17.7 Å². The van der Waals surface area contributed by atoms with Crippen molar-refractivity contribution in [2.75, 3.05) is 11.8 Å². The molecule has 0 saturated heterocycles. The Kier molecular flexibility index (Phi) is 3.86. The van der Waals surface area contributed by atoms with Crippen LogP contribution >= 0.6 is 0 Å². The van der Waals surface area contributed by atoms with E-state index >= 15 is 0 Å². The molecule has 0 aliphatic rings. The summed E-state index contributed by atoms with van der Waals surface area (Å²) in [5.41, 5.74) is 0.724. The normalized spacial score (nSPS) is 10.8. The number of nitriles is 1. The van der Waals surface area contributed by atoms with E-state index < -0.39 is 10.0 Å². The number of H-pyrrole nitrogens is 1. The molecule has 2 aromatic rings. The zero-order valence-corrected chi connectivity index (χ0v) is 11.3. The molecule has 0 atom stereocenters. The predicted molar refractivity (Wildman–Crippen MR) is 70.3 cm³/mol. The quantitative estimate of drug-likeness (QED) is 0.833. The van der Waals surface area contributed by atoms with Crippen LogP contribution in [0.3, 0.4) is 0 Å². The number of methoxy groups -OCH3 is 1. The molecule has 1 aromatic carbocycles. The fraction of sp³-hybridized carbons (Fsp3) is 0.182. The molecule has 0 radical (unpaired) electrons. The summed E-state index contributed by atoms with van der Waals surface area (Å²) in [6, 6.07) is 8.45. The second-order valence-electron chi connectivity index (χ2n) is 3.80. The number of ether oxygens (including phenoxy) is 1. The number of nitrogens with zero attached hydrogens (tertiary/aromatic N) is 3. The highest BCUT2D eigenvalue weighted by atomic mass is 32.2. The van der Waals surface area contributed by atoms with Crippen LogP contribution in [0, 0.1) is 11.3 Å². The van der Waals surface area contributed by atoms with Gasteiger partial charge < -0.3 is 4.74 Å². The van der Waals surface area contributed by atoms with Gasteiger partial charge in [-0.15, -0.1) is 5.10 Å². The molecule has 0 fully saturated rings. The first kappa shape index (κ1) is 13.8. The smallest absolute Gasteiger partial charge is 0.336 e.